The van der Waals surface area contributed by atoms with Crippen LogP contribution in [0.2, 0.25) is 10.0 Å². The maximum Gasteiger partial charge on any atom is 0.173 e. The molecule has 0 unspecified atom stereocenters. The summed E-state index contributed by atoms with van der Waals surface area (Å²) in [6.07, 6.45) is 1.46. The van der Waals surface area contributed by atoms with E-state index in [1.165, 1.54) is 12.4 Å². The molecule has 2 aromatic carbocycles. The molecule has 0 atom stereocenters. The molecule has 0 aliphatic carbocycles. The van der Waals surface area contributed by atoms with Crippen LogP contribution in [0.25, 0.3) is 22.6 Å². The normalized spacial score (nSPS) is 11.3. The second-order valence-electron chi connectivity index (χ2n) is 5.83. The maximum absolute atomic E-state index is 13.6. The van der Waals surface area contributed by atoms with Crippen molar-refractivity contribution in [2.75, 3.05) is 0 Å². The van der Waals surface area contributed by atoms with E-state index in [1.54, 1.807) is 22.8 Å². The molecule has 0 amide bonds. The van der Waals surface area contributed by atoms with Gasteiger partial charge in [0.05, 0.1) is 12.9 Å². The lowest BCUT2D eigenvalue weighted by atomic mass is 10.2. The maximum atomic E-state index is 13.6. The average Bonchev–Trinajstić information content (AvgIpc) is 3.09. The van der Waals surface area contributed by atoms with E-state index in [-0.39, 0.29) is 12.0 Å². The van der Waals surface area contributed by atoms with E-state index in [4.69, 9.17) is 28.6 Å². The van der Waals surface area contributed by atoms with Gasteiger partial charge >= 0.3 is 0 Å². The van der Waals surface area contributed by atoms with E-state index in [9.17, 15) is 8.78 Å². The van der Waals surface area contributed by atoms with Crippen LogP contribution in [0.15, 0.2) is 42.7 Å². The molecule has 5 nitrogen and oxygen atoms in total. The van der Waals surface area contributed by atoms with Crippen LogP contribution < -0.4 is 5.49 Å². The number of hydrogen-bond acceptors (Lipinski definition) is 3. The van der Waals surface area contributed by atoms with E-state index in [0.717, 1.165) is 12.1 Å². The Bertz CT molecular complexity index is 1210. The van der Waals surface area contributed by atoms with E-state index in [1.807, 2.05) is 0 Å². The zero-order valence-electron chi connectivity index (χ0n) is 13.6. The summed E-state index contributed by atoms with van der Waals surface area (Å²) in [5.41, 5.74) is 1.80. The van der Waals surface area contributed by atoms with Crippen LogP contribution in [-0.4, -0.2) is 19.5 Å². The van der Waals surface area contributed by atoms with E-state index >= 15 is 0 Å². The number of H-pyrrole nitrogens is 1. The topological polar surface area (TPSA) is 70.3 Å². The first-order valence-electron chi connectivity index (χ1n) is 7.82. The third-order valence-electron chi connectivity index (χ3n) is 4.10. The molecule has 2 aromatic heterocycles. The van der Waals surface area contributed by atoms with E-state index in [0.29, 0.717) is 38.2 Å². The number of rotatable bonds is 3. The Morgan fingerprint density at radius 2 is 1.81 bits per heavy atom. The Balaban J connectivity index is 1.86. The van der Waals surface area contributed by atoms with Crippen molar-refractivity contribution in [1.82, 2.24) is 19.5 Å². The van der Waals surface area contributed by atoms with Gasteiger partial charge in [0.15, 0.2) is 22.8 Å². The van der Waals surface area contributed by atoms with Crippen molar-refractivity contribution in [3.05, 3.63) is 75.5 Å². The average molecular weight is 406 g/mol. The van der Waals surface area contributed by atoms with Gasteiger partial charge in [-0.1, -0.05) is 29.3 Å². The molecular formula is C18H11Cl2F2N5. The lowest BCUT2D eigenvalue weighted by molar-refractivity contribution is 0.509. The number of benzene rings is 2. The molecule has 0 spiro atoms. The number of imidazole rings is 1. The summed E-state index contributed by atoms with van der Waals surface area (Å²) in [7, 11) is 0. The highest BCUT2D eigenvalue weighted by atomic mass is 35.5. The van der Waals surface area contributed by atoms with Crippen LogP contribution in [0.3, 0.4) is 0 Å². The smallest absolute Gasteiger partial charge is 0.173 e. The second kappa shape index (κ2) is 6.75. The van der Waals surface area contributed by atoms with Gasteiger partial charge < -0.3 is 9.55 Å². The number of nitrogens with one attached hydrogen (secondary N) is 2. The highest BCUT2D eigenvalue weighted by molar-refractivity contribution is 6.36. The molecule has 27 heavy (non-hydrogen) atoms. The fourth-order valence-corrected chi connectivity index (χ4v) is 3.25. The Hall–Kier alpha value is -2.77. The summed E-state index contributed by atoms with van der Waals surface area (Å²) in [5, 5.41) is 8.98. The van der Waals surface area contributed by atoms with Crippen molar-refractivity contribution >= 4 is 34.4 Å². The number of hydrogen-bond donors (Lipinski definition) is 2. The van der Waals surface area contributed by atoms with Crippen LogP contribution in [0.4, 0.5) is 8.78 Å². The summed E-state index contributed by atoms with van der Waals surface area (Å²) in [5.74, 6) is -1.63. The summed E-state index contributed by atoms with van der Waals surface area (Å²) >= 11 is 12.5. The van der Waals surface area contributed by atoms with Crippen molar-refractivity contribution in [3.8, 4) is 11.4 Å². The highest BCUT2D eigenvalue weighted by Crippen LogP contribution is 2.26. The SMILES string of the molecule is N=c1ncn(Cc2c(Cl)cccc2Cl)c2nc(-c3ccc(F)c(F)c3)[nH]c12. The fourth-order valence-electron chi connectivity index (χ4n) is 2.73. The molecule has 4 rings (SSSR count). The molecular weight excluding hydrogens is 395 g/mol. The Labute approximate surface area is 161 Å². The Morgan fingerprint density at radius 3 is 2.52 bits per heavy atom. The fraction of sp³-hybridized carbons (Fsp3) is 0.0556. The molecule has 9 heteroatoms. The summed E-state index contributed by atoms with van der Waals surface area (Å²) in [6, 6.07) is 8.67. The lowest BCUT2D eigenvalue weighted by Crippen LogP contribution is -2.13. The number of fused-ring (bicyclic) bond motifs is 1. The van der Waals surface area contributed by atoms with E-state index < -0.39 is 11.6 Å². The number of aromatic amines is 1. The predicted molar refractivity (Wildman–Crippen MR) is 98.6 cm³/mol. The molecule has 2 heterocycles. The molecule has 0 radical (unpaired) electrons. The van der Waals surface area contributed by atoms with Gasteiger partial charge in [0.1, 0.15) is 11.3 Å². The summed E-state index contributed by atoms with van der Waals surface area (Å²) in [4.78, 5) is 11.4. The summed E-state index contributed by atoms with van der Waals surface area (Å²) in [6.45, 7) is 0.282. The van der Waals surface area contributed by atoms with Crippen LogP contribution in [0.1, 0.15) is 5.56 Å². The minimum absolute atomic E-state index is 0.0205. The van der Waals surface area contributed by atoms with Crippen molar-refractivity contribution < 1.29 is 8.78 Å². The van der Waals surface area contributed by atoms with Gasteiger partial charge in [-0.25, -0.2) is 18.7 Å². The largest absolute Gasteiger partial charge is 0.334 e. The highest BCUT2D eigenvalue weighted by Gasteiger charge is 2.14. The third kappa shape index (κ3) is 3.20. The molecule has 136 valence electrons. The molecule has 0 aliphatic rings. The van der Waals surface area contributed by atoms with Crippen molar-refractivity contribution in [3.63, 3.8) is 0 Å². The molecule has 0 saturated heterocycles. The van der Waals surface area contributed by atoms with Gasteiger partial charge in [-0.3, -0.25) is 5.41 Å². The quantitative estimate of drug-likeness (QED) is 0.525. The van der Waals surface area contributed by atoms with Crippen LogP contribution in [0.5, 0.6) is 0 Å². The molecule has 0 aliphatic heterocycles. The van der Waals surface area contributed by atoms with Gasteiger partial charge in [0, 0.05) is 21.2 Å². The van der Waals surface area contributed by atoms with Gasteiger partial charge in [0.25, 0.3) is 0 Å². The van der Waals surface area contributed by atoms with E-state index in [2.05, 4.69) is 15.0 Å². The number of halogens is 4. The van der Waals surface area contributed by atoms with Gasteiger partial charge in [-0.05, 0) is 30.3 Å². The number of aromatic nitrogens is 4. The van der Waals surface area contributed by atoms with Gasteiger partial charge in [0.2, 0.25) is 0 Å². The number of nitrogens with zero attached hydrogens (tertiary/aromatic N) is 3. The zero-order valence-corrected chi connectivity index (χ0v) is 15.1. The van der Waals surface area contributed by atoms with Crippen molar-refractivity contribution in [2.45, 2.75) is 6.54 Å². The zero-order chi connectivity index (χ0) is 19.1. The first-order chi connectivity index (χ1) is 12.9. The minimum atomic E-state index is -0.979. The first-order valence-corrected chi connectivity index (χ1v) is 8.57. The molecule has 0 saturated carbocycles. The molecule has 4 aromatic rings. The van der Waals surface area contributed by atoms with Crippen LogP contribution in [0, 0.1) is 17.0 Å². The second-order valence-corrected chi connectivity index (χ2v) is 6.65. The Morgan fingerprint density at radius 1 is 1.07 bits per heavy atom. The van der Waals surface area contributed by atoms with Crippen molar-refractivity contribution in [1.29, 1.82) is 5.41 Å². The molecule has 0 bridgehead atoms. The van der Waals surface area contributed by atoms with Gasteiger partial charge in [-0.15, -0.1) is 0 Å². The summed E-state index contributed by atoms with van der Waals surface area (Å²) < 4.78 is 28.4. The van der Waals surface area contributed by atoms with Gasteiger partial charge in [-0.2, -0.15) is 0 Å². The standard InChI is InChI=1S/C18H11Cl2F2N5/c19-11-2-1-3-12(20)10(11)7-27-8-24-16(23)15-18(27)26-17(25-15)9-4-5-13(21)14(22)6-9/h1-6,8,23H,7H2,(H,25,26). The van der Waals surface area contributed by atoms with Crippen LogP contribution in [-0.2, 0) is 6.54 Å². The van der Waals surface area contributed by atoms with Crippen molar-refractivity contribution in [2.24, 2.45) is 0 Å². The first kappa shape index (κ1) is 17.6. The lowest BCUT2D eigenvalue weighted by Gasteiger charge is -2.10. The molecule has 2 N–H and O–H groups in total. The Kier molecular flexibility index (Phi) is 4.41. The molecule has 0 fully saturated rings. The minimum Gasteiger partial charge on any atom is -0.334 e. The predicted octanol–water partition coefficient (Wildman–Crippen LogP) is 4.54. The monoisotopic (exact) mass is 405 g/mol. The van der Waals surface area contributed by atoms with Crippen LogP contribution >= 0.6 is 23.2 Å². The third-order valence-corrected chi connectivity index (χ3v) is 4.81.